The molecule has 0 bridgehead atoms. The van der Waals surface area contributed by atoms with Crippen LogP contribution in [0.15, 0.2) is 72.9 Å². The van der Waals surface area contributed by atoms with E-state index in [9.17, 15) is 19.0 Å². The first-order valence-corrected chi connectivity index (χ1v) is 34.7. The van der Waals surface area contributed by atoms with Gasteiger partial charge in [0.05, 0.1) is 33.8 Å². The van der Waals surface area contributed by atoms with Crippen LogP contribution in [-0.4, -0.2) is 69.4 Å². The molecule has 1 amide bonds. The third kappa shape index (κ3) is 59.9. The number of rotatable bonds is 60. The van der Waals surface area contributed by atoms with E-state index in [4.69, 9.17) is 13.8 Å². The van der Waals surface area contributed by atoms with Gasteiger partial charge in [-0.2, -0.15) is 0 Å². The SMILES string of the molecule is CCCCC/C=C\C/C=C\C/C=C\CCCCCCCCCCCCCCC(=O)NC(COP(=O)([O-])OCC[N+](C)(C)C)C(/C=C\CCCCCCCCCCCCC)OC(=O)CCCCCCCC/C=C/C=C/CCCCC. The van der Waals surface area contributed by atoms with Crippen molar-refractivity contribution < 1.29 is 37.3 Å². The topological polar surface area (TPSA) is 114 Å². The summed E-state index contributed by atoms with van der Waals surface area (Å²) >= 11 is 0. The number of carbonyl (C=O) groups is 2. The molecule has 0 aliphatic heterocycles. The Morgan fingerprint density at radius 1 is 0.456 bits per heavy atom. The van der Waals surface area contributed by atoms with Crippen molar-refractivity contribution in [2.75, 3.05) is 40.9 Å². The number of esters is 1. The summed E-state index contributed by atoms with van der Waals surface area (Å²) in [5.74, 6) is -0.551. The Balaban J connectivity index is 5.14. The summed E-state index contributed by atoms with van der Waals surface area (Å²) in [5.41, 5.74) is 0. The van der Waals surface area contributed by atoms with Gasteiger partial charge in [0.1, 0.15) is 19.3 Å². The van der Waals surface area contributed by atoms with E-state index in [1.807, 2.05) is 33.3 Å². The van der Waals surface area contributed by atoms with Gasteiger partial charge >= 0.3 is 5.97 Å². The fraction of sp³-hybridized carbons (Fsp3) is 0.797. The average molecular weight is 1130 g/mol. The average Bonchev–Trinajstić information content (AvgIpc) is 3.41. The summed E-state index contributed by atoms with van der Waals surface area (Å²) in [6.07, 6.45) is 75.8. The molecule has 0 radical (unpaired) electrons. The Hall–Kier alpha value is -2.55. The van der Waals surface area contributed by atoms with Gasteiger partial charge in [-0.05, 0) is 96.0 Å². The van der Waals surface area contributed by atoms with Crippen LogP contribution in [0.4, 0.5) is 0 Å². The molecule has 0 aromatic carbocycles. The Kier molecular flexibility index (Phi) is 56.7. The molecule has 9 nitrogen and oxygen atoms in total. The number of phosphoric acid groups is 1. The molecule has 0 spiro atoms. The van der Waals surface area contributed by atoms with Crippen LogP contribution in [0.1, 0.15) is 303 Å². The molecule has 0 aromatic rings. The summed E-state index contributed by atoms with van der Waals surface area (Å²) in [5, 5.41) is 3.03. The predicted molar refractivity (Wildman–Crippen MR) is 339 cm³/mol. The van der Waals surface area contributed by atoms with E-state index in [0.29, 0.717) is 17.4 Å². The lowest BCUT2D eigenvalue weighted by Gasteiger charge is -2.30. The van der Waals surface area contributed by atoms with E-state index in [-0.39, 0.29) is 24.9 Å². The van der Waals surface area contributed by atoms with E-state index in [1.54, 1.807) is 0 Å². The molecule has 10 heteroatoms. The van der Waals surface area contributed by atoms with Gasteiger partial charge < -0.3 is 28.5 Å². The largest absolute Gasteiger partial charge is 0.756 e. The van der Waals surface area contributed by atoms with Gasteiger partial charge in [-0.15, -0.1) is 0 Å². The normalized spacial score (nSPS) is 14.1. The number of quaternary nitrogens is 1. The Morgan fingerprint density at radius 2 is 0.810 bits per heavy atom. The summed E-state index contributed by atoms with van der Waals surface area (Å²) in [7, 11) is 1.18. The van der Waals surface area contributed by atoms with E-state index in [2.05, 4.69) is 86.8 Å². The van der Waals surface area contributed by atoms with E-state index >= 15 is 0 Å². The van der Waals surface area contributed by atoms with Gasteiger partial charge in [0.2, 0.25) is 5.91 Å². The molecule has 79 heavy (non-hydrogen) atoms. The molecule has 0 saturated heterocycles. The zero-order chi connectivity index (χ0) is 57.9. The second-order valence-electron chi connectivity index (χ2n) is 23.6. The highest BCUT2D eigenvalue weighted by Gasteiger charge is 2.27. The number of nitrogens with one attached hydrogen (secondary N) is 1. The van der Waals surface area contributed by atoms with Crippen LogP contribution in [-0.2, 0) is 27.9 Å². The van der Waals surface area contributed by atoms with Crippen molar-refractivity contribution in [3.8, 4) is 0 Å². The van der Waals surface area contributed by atoms with Crippen molar-refractivity contribution in [3.05, 3.63) is 72.9 Å². The summed E-state index contributed by atoms with van der Waals surface area (Å²) < 4.78 is 30.4. The number of hydrogen-bond acceptors (Lipinski definition) is 7. The molecule has 0 rings (SSSR count). The molecule has 0 heterocycles. The molecule has 0 aliphatic carbocycles. The van der Waals surface area contributed by atoms with Gasteiger partial charge in [-0.1, -0.05) is 267 Å². The zero-order valence-corrected chi connectivity index (χ0v) is 53.5. The van der Waals surface area contributed by atoms with Crippen molar-refractivity contribution in [3.63, 3.8) is 0 Å². The smallest absolute Gasteiger partial charge is 0.306 e. The summed E-state index contributed by atoms with van der Waals surface area (Å²) in [6, 6.07) is -0.896. The number of unbranched alkanes of at least 4 members (excludes halogenated alkanes) is 35. The molecule has 0 aliphatic rings. The highest BCUT2D eigenvalue weighted by molar-refractivity contribution is 7.45. The fourth-order valence-electron chi connectivity index (χ4n) is 9.46. The maximum absolute atomic E-state index is 13.6. The van der Waals surface area contributed by atoms with Crippen LogP contribution < -0.4 is 10.2 Å². The lowest BCUT2D eigenvalue weighted by atomic mass is 10.0. The Labute approximate surface area is 489 Å². The van der Waals surface area contributed by atoms with E-state index < -0.39 is 26.6 Å². The van der Waals surface area contributed by atoms with E-state index in [1.165, 1.54) is 180 Å². The minimum absolute atomic E-state index is 0.0261. The van der Waals surface area contributed by atoms with Crippen LogP contribution >= 0.6 is 7.82 Å². The first kappa shape index (κ1) is 76.5. The minimum Gasteiger partial charge on any atom is -0.756 e. The number of carbonyl (C=O) groups excluding carboxylic acids is 2. The van der Waals surface area contributed by atoms with Gasteiger partial charge in [0.25, 0.3) is 7.82 Å². The van der Waals surface area contributed by atoms with Crippen LogP contribution in [0.5, 0.6) is 0 Å². The van der Waals surface area contributed by atoms with Gasteiger partial charge in [0.15, 0.2) is 0 Å². The maximum Gasteiger partial charge on any atom is 0.306 e. The molecule has 3 atom stereocenters. The van der Waals surface area contributed by atoms with Crippen molar-refractivity contribution in [1.82, 2.24) is 5.32 Å². The fourth-order valence-corrected chi connectivity index (χ4v) is 10.2. The third-order valence-corrected chi connectivity index (χ3v) is 15.6. The van der Waals surface area contributed by atoms with Crippen molar-refractivity contribution in [2.45, 2.75) is 315 Å². The molecular weight excluding hydrogens is 1000 g/mol. The molecule has 0 aromatic heterocycles. The second-order valence-corrected chi connectivity index (χ2v) is 25.1. The summed E-state index contributed by atoms with van der Waals surface area (Å²) in [6.45, 7) is 6.80. The zero-order valence-electron chi connectivity index (χ0n) is 52.6. The predicted octanol–water partition coefficient (Wildman–Crippen LogP) is 20.2. The van der Waals surface area contributed by atoms with Crippen molar-refractivity contribution >= 4 is 19.7 Å². The Bertz CT molecular complexity index is 1580. The molecule has 3 unspecified atom stereocenters. The van der Waals surface area contributed by atoms with Crippen molar-refractivity contribution in [2.24, 2.45) is 0 Å². The molecule has 460 valence electrons. The maximum atomic E-state index is 13.6. The van der Waals surface area contributed by atoms with Gasteiger partial charge in [0, 0.05) is 12.8 Å². The number of phosphoric ester groups is 1. The number of allylic oxidation sites excluding steroid dienone is 11. The number of likely N-dealkylation sites (N-methyl/N-ethyl adjacent to an activating group) is 1. The molecule has 0 saturated carbocycles. The van der Waals surface area contributed by atoms with Gasteiger partial charge in [-0.3, -0.25) is 14.2 Å². The Morgan fingerprint density at radius 3 is 1.25 bits per heavy atom. The van der Waals surface area contributed by atoms with Crippen LogP contribution in [0, 0.1) is 0 Å². The standard InChI is InChI=1S/C69H127N2O7P/c1-7-10-13-16-19-22-25-28-30-31-32-33-34-35-36-37-38-39-41-43-46-49-52-55-58-61-68(72)70-66(65-77-79(74,75)76-64-63-71(4,5)6)67(60-57-54-51-48-45-42-27-24-21-18-15-12-9-3)78-69(73)62-59-56-53-50-47-44-40-29-26-23-20-17-14-11-8-2/h19-20,22-23,26,28-30,32-33,57,60,66-67H,7-18,21,24-25,27,31,34-56,58-59,61-65H2,1-6H3,(H-,70,72,74,75)/b22-19-,23-20+,29-26+,30-28-,33-32-,60-57-. The highest BCUT2D eigenvalue weighted by Crippen LogP contribution is 2.38. The van der Waals surface area contributed by atoms with Crippen molar-refractivity contribution in [1.29, 1.82) is 0 Å². The lowest BCUT2D eigenvalue weighted by Crippen LogP contribution is -2.47. The first-order chi connectivity index (χ1) is 38.4. The molecule has 0 fully saturated rings. The van der Waals surface area contributed by atoms with Crippen LogP contribution in [0.2, 0.25) is 0 Å². The number of amides is 1. The third-order valence-electron chi connectivity index (χ3n) is 14.6. The number of hydrogen-bond donors (Lipinski definition) is 1. The lowest BCUT2D eigenvalue weighted by molar-refractivity contribution is -0.870. The summed E-state index contributed by atoms with van der Waals surface area (Å²) in [4.78, 5) is 40.1. The molecular formula is C69H127N2O7P. The quantitative estimate of drug-likeness (QED) is 0.0161. The number of nitrogens with zero attached hydrogens (tertiary/aromatic N) is 1. The monoisotopic (exact) mass is 1130 g/mol. The van der Waals surface area contributed by atoms with Gasteiger partial charge in [-0.25, -0.2) is 0 Å². The number of ether oxygens (including phenoxy) is 1. The van der Waals surface area contributed by atoms with Crippen LogP contribution in [0.25, 0.3) is 0 Å². The highest BCUT2D eigenvalue weighted by atomic mass is 31.2. The van der Waals surface area contributed by atoms with Crippen LogP contribution in [0.3, 0.4) is 0 Å². The van der Waals surface area contributed by atoms with E-state index in [0.717, 1.165) is 89.9 Å². The second kappa shape index (κ2) is 58.6. The minimum atomic E-state index is -4.71. The first-order valence-electron chi connectivity index (χ1n) is 33.3. The molecule has 1 N–H and O–H groups in total.